The highest BCUT2D eigenvalue weighted by molar-refractivity contribution is 9.10. The van der Waals surface area contributed by atoms with Crippen LogP contribution in [-0.2, 0) is 0 Å². The molecule has 0 bridgehead atoms. The topological polar surface area (TPSA) is 16.1 Å². The van der Waals surface area contributed by atoms with E-state index in [1.165, 1.54) is 12.0 Å². The van der Waals surface area contributed by atoms with Crippen LogP contribution in [0.5, 0.6) is 0 Å². The fraction of sp³-hybridized carbons (Fsp3) is 0.583. The molecule has 1 atom stereocenters. The molecule has 0 N–H and O–H groups in total. The van der Waals surface area contributed by atoms with Crippen LogP contribution in [0.15, 0.2) is 16.7 Å². The molecule has 0 aromatic carbocycles. The minimum atomic E-state index is 0.709. The Morgan fingerprint density at radius 2 is 2.20 bits per heavy atom. The lowest BCUT2D eigenvalue weighted by Crippen LogP contribution is -2.24. The van der Waals surface area contributed by atoms with E-state index in [9.17, 15) is 0 Å². The molecule has 0 aliphatic carbocycles. The van der Waals surface area contributed by atoms with Crippen molar-refractivity contribution in [3.8, 4) is 0 Å². The Labute approximate surface area is 101 Å². The van der Waals surface area contributed by atoms with Crippen LogP contribution in [0.25, 0.3) is 0 Å². The third-order valence-electron chi connectivity index (χ3n) is 2.71. The van der Waals surface area contributed by atoms with Gasteiger partial charge in [0.1, 0.15) is 5.82 Å². The number of rotatable bonds is 4. The molecule has 1 unspecified atom stereocenters. The van der Waals surface area contributed by atoms with E-state index in [2.05, 4.69) is 59.7 Å². The van der Waals surface area contributed by atoms with Gasteiger partial charge in [0, 0.05) is 24.3 Å². The van der Waals surface area contributed by atoms with Crippen LogP contribution in [-0.4, -0.2) is 18.6 Å². The summed E-state index contributed by atoms with van der Waals surface area (Å²) in [6, 6.07) is 2.12. The van der Waals surface area contributed by atoms with Gasteiger partial charge < -0.3 is 4.90 Å². The maximum Gasteiger partial charge on any atom is 0.128 e. The zero-order valence-corrected chi connectivity index (χ0v) is 11.5. The van der Waals surface area contributed by atoms with Crippen molar-refractivity contribution in [2.24, 2.45) is 5.92 Å². The highest BCUT2D eigenvalue weighted by Gasteiger charge is 2.07. The van der Waals surface area contributed by atoms with Gasteiger partial charge in [0.2, 0.25) is 0 Å². The van der Waals surface area contributed by atoms with Gasteiger partial charge in [-0.1, -0.05) is 20.3 Å². The van der Waals surface area contributed by atoms with Crippen molar-refractivity contribution < 1.29 is 0 Å². The SMILES string of the molecule is CCC(C)CN(C)c1cc(C)c(Br)cn1. The van der Waals surface area contributed by atoms with E-state index in [1.807, 2.05) is 6.20 Å². The van der Waals surface area contributed by atoms with Crippen molar-refractivity contribution >= 4 is 21.7 Å². The number of aromatic nitrogens is 1. The minimum Gasteiger partial charge on any atom is -0.359 e. The van der Waals surface area contributed by atoms with Gasteiger partial charge in [-0.3, -0.25) is 0 Å². The molecule has 0 spiro atoms. The number of nitrogens with zero attached hydrogens (tertiary/aromatic N) is 2. The highest BCUT2D eigenvalue weighted by Crippen LogP contribution is 2.20. The minimum absolute atomic E-state index is 0.709. The highest BCUT2D eigenvalue weighted by atomic mass is 79.9. The first kappa shape index (κ1) is 12.5. The van der Waals surface area contributed by atoms with E-state index < -0.39 is 0 Å². The zero-order valence-electron chi connectivity index (χ0n) is 9.92. The Kier molecular flexibility index (Phi) is 4.58. The summed E-state index contributed by atoms with van der Waals surface area (Å²) in [6.07, 6.45) is 3.08. The lowest BCUT2D eigenvalue weighted by molar-refractivity contribution is 0.557. The van der Waals surface area contributed by atoms with Gasteiger partial charge in [-0.15, -0.1) is 0 Å². The maximum atomic E-state index is 4.41. The molecule has 0 amide bonds. The molecule has 1 rings (SSSR count). The Balaban J connectivity index is 2.73. The molecule has 0 saturated heterocycles. The summed E-state index contributed by atoms with van der Waals surface area (Å²) in [5.41, 5.74) is 1.23. The van der Waals surface area contributed by atoms with Gasteiger partial charge in [0.25, 0.3) is 0 Å². The zero-order chi connectivity index (χ0) is 11.4. The van der Waals surface area contributed by atoms with E-state index in [-0.39, 0.29) is 0 Å². The number of halogens is 1. The number of pyridine rings is 1. The third-order valence-corrected chi connectivity index (χ3v) is 3.54. The fourth-order valence-corrected chi connectivity index (χ4v) is 1.64. The van der Waals surface area contributed by atoms with Crippen molar-refractivity contribution in [1.29, 1.82) is 0 Å². The van der Waals surface area contributed by atoms with Gasteiger partial charge in [-0.2, -0.15) is 0 Å². The number of hydrogen-bond acceptors (Lipinski definition) is 2. The second-order valence-corrected chi connectivity index (χ2v) is 5.04. The average molecular weight is 271 g/mol. The Hall–Kier alpha value is -0.570. The van der Waals surface area contributed by atoms with Gasteiger partial charge in [0.15, 0.2) is 0 Å². The summed E-state index contributed by atoms with van der Waals surface area (Å²) in [7, 11) is 2.10. The molecule has 1 aromatic heterocycles. The van der Waals surface area contributed by atoms with E-state index in [4.69, 9.17) is 0 Å². The number of hydrogen-bond donors (Lipinski definition) is 0. The van der Waals surface area contributed by atoms with E-state index in [0.717, 1.165) is 16.8 Å². The van der Waals surface area contributed by atoms with Crippen LogP contribution in [0, 0.1) is 12.8 Å². The lowest BCUT2D eigenvalue weighted by atomic mass is 10.1. The van der Waals surface area contributed by atoms with Crippen molar-refractivity contribution in [1.82, 2.24) is 4.98 Å². The molecule has 15 heavy (non-hydrogen) atoms. The summed E-state index contributed by atoms with van der Waals surface area (Å²) in [6.45, 7) is 7.64. The molecule has 3 heteroatoms. The fourth-order valence-electron chi connectivity index (χ4n) is 1.42. The van der Waals surface area contributed by atoms with Crippen LogP contribution < -0.4 is 4.90 Å². The second-order valence-electron chi connectivity index (χ2n) is 4.19. The molecule has 0 aliphatic rings. The predicted molar refractivity (Wildman–Crippen MR) is 69.4 cm³/mol. The largest absolute Gasteiger partial charge is 0.359 e. The second kappa shape index (κ2) is 5.50. The van der Waals surface area contributed by atoms with Crippen molar-refractivity contribution in [2.45, 2.75) is 27.2 Å². The van der Waals surface area contributed by atoms with Crippen LogP contribution in [0.2, 0.25) is 0 Å². The predicted octanol–water partition coefficient (Wildman–Crippen LogP) is 3.63. The summed E-state index contributed by atoms with van der Waals surface area (Å²) in [5, 5.41) is 0. The summed E-state index contributed by atoms with van der Waals surface area (Å²) in [5.74, 6) is 1.76. The van der Waals surface area contributed by atoms with Crippen LogP contribution in [0.3, 0.4) is 0 Å². The molecule has 84 valence electrons. The standard InChI is InChI=1S/C12H19BrN2/c1-5-9(2)8-15(4)12-6-10(3)11(13)7-14-12/h6-7,9H,5,8H2,1-4H3. The molecular formula is C12H19BrN2. The first-order valence-corrected chi connectivity index (χ1v) is 6.17. The van der Waals surface area contributed by atoms with E-state index >= 15 is 0 Å². The van der Waals surface area contributed by atoms with Crippen LogP contribution in [0.4, 0.5) is 5.82 Å². The summed E-state index contributed by atoms with van der Waals surface area (Å²) >= 11 is 3.46. The monoisotopic (exact) mass is 270 g/mol. The lowest BCUT2D eigenvalue weighted by Gasteiger charge is -2.22. The van der Waals surface area contributed by atoms with Gasteiger partial charge >= 0.3 is 0 Å². The Morgan fingerprint density at radius 3 is 2.73 bits per heavy atom. The van der Waals surface area contributed by atoms with Crippen molar-refractivity contribution in [3.63, 3.8) is 0 Å². The van der Waals surface area contributed by atoms with Gasteiger partial charge in [0.05, 0.1) is 0 Å². The first-order chi connectivity index (χ1) is 7.04. The summed E-state index contributed by atoms with van der Waals surface area (Å²) < 4.78 is 1.07. The molecular weight excluding hydrogens is 252 g/mol. The van der Waals surface area contributed by atoms with E-state index in [0.29, 0.717) is 5.92 Å². The molecule has 0 radical (unpaired) electrons. The smallest absolute Gasteiger partial charge is 0.128 e. The van der Waals surface area contributed by atoms with Crippen molar-refractivity contribution in [3.05, 3.63) is 22.3 Å². The normalized spacial score (nSPS) is 12.6. The molecule has 0 saturated carbocycles. The molecule has 1 heterocycles. The summed E-state index contributed by atoms with van der Waals surface area (Å²) in [4.78, 5) is 6.62. The molecule has 0 aliphatic heterocycles. The quantitative estimate of drug-likeness (QED) is 0.831. The molecule has 0 fully saturated rings. The average Bonchev–Trinajstić information content (AvgIpc) is 2.21. The maximum absolute atomic E-state index is 4.41. The number of aryl methyl sites for hydroxylation is 1. The third kappa shape index (κ3) is 3.49. The molecule has 1 aromatic rings. The van der Waals surface area contributed by atoms with E-state index in [1.54, 1.807) is 0 Å². The Bertz CT molecular complexity index is 325. The van der Waals surface area contributed by atoms with Crippen molar-refractivity contribution in [2.75, 3.05) is 18.5 Å². The Morgan fingerprint density at radius 1 is 1.53 bits per heavy atom. The first-order valence-electron chi connectivity index (χ1n) is 5.37. The van der Waals surface area contributed by atoms with Crippen LogP contribution >= 0.6 is 15.9 Å². The van der Waals surface area contributed by atoms with Crippen LogP contribution in [0.1, 0.15) is 25.8 Å². The van der Waals surface area contributed by atoms with Gasteiger partial charge in [-0.25, -0.2) is 4.98 Å². The molecule has 2 nitrogen and oxygen atoms in total. The number of anilines is 1. The van der Waals surface area contributed by atoms with Gasteiger partial charge in [-0.05, 0) is 40.4 Å².